The van der Waals surface area contributed by atoms with Crippen molar-refractivity contribution in [1.82, 2.24) is 0 Å². The lowest BCUT2D eigenvalue weighted by Gasteiger charge is -2.37. The summed E-state index contributed by atoms with van der Waals surface area (Å²) in [6, 6.07) is 0. The highest BCUT2D eigenvalue weighted by molar-refractivity contribution is 6.38. The summed E-state index contributed by atoms with van der Waals surface area (Å²) in [5.41, 5.74) is -2.97. The maximum Gasteiger partial charge on any atom is 0.178 e. The van der Waals surface area contributed by atoms with Gasteiger partial charge in [-0.1, -0.05) is 0 Å². The monoisotopic (exact) mass is 209 g/mol. The van der Waals surface area contributed by atoms with Gasteiger partial charge < -0.3 is 5.11 Å². The Balaban J connectivity index is 3.43. The summed E-state index contributed by atoms with van der Waals surface area (Å²) < 4.78 is 0. The summed E-state index contributed by atoms with van der Waals surface area (Å²) >= 11 is 0. The topological polar surface area (TPSA) is 74.3 Å². The molecule has 0 spiro atoms. The second-order valence-electron chi connectivity index (χ2n) is 4.77. The van der Waals surface area contributed by atoms with E-state index in [2.05, 4.69) is 0 Å². The molecule has 0 amide bonds. The predicted molar refractivity (Wildman–Crippen MR) is 50.7 cm³/mol. The number of carbonyl (C=O) groups is 3. The molecular formula is C11H13O4-. The first-order chi connectivity index (χ1) is 6.67. The minimum absolute atomic E-state index is 0.251. The molecule has 15 heavy (non-hydrogen) atoms. The molecule has 0 aliphatic heterocycles. The molecule has 0 bridgehead atoms. The first kappa shape index (κ1) is 11.6. The molecule has 0 atom stereocenters. The number of hydrogen-bond acceptors (Lipinski definition) is 4. The van der Waals surface area contributed by atoms with Gasteiger partial charge in [0, 0.05) is 5.57 Å². The Bertz CT molecular complexity index is 353. The fourth-order valence-corrected chi connectivity index (χ4v) is 1.87. The molecule has 4 heteroatoms. The zero-order valence-corrected chi connectivity index (χ0v) is 9.21. The van der Waals surface area contributed by atoms with Gasteiger partial charge in [0.1, 0.15) is 0 Å². The van der Waals surface area contributed by atoms with E-state index in [1.807, 2.05) is 0 Å². The van der Waals surface area contributed by atoms with Crippen LogP contribution in [0.1, 0.15) is 27.7 Å². The molecule has 1 aliphatic carbocycles. The molecule has 0 unspecified atom stereocenters. The van der Waals surface area contributed by atoms with Crippen molar-refractivity contribution >= 4 is 17.3 Å². The van der Waals surface area contributed by atoms with Gasteiger partial charge in [0.25, 0.3) is 0 Å². The van der Waals surface area contributed by atoms with Gasteiger partial charge in [0.15, 0.2) is 17.3 Å². The van der Waals surface area contributed by atoms with Crippen LogP contribution >= 0.6 is 0 Å². The number of hydrogen-bond donors (Lipinski definition) is 0. The summed E-state index contributed by atoms with van der Waals surface area (Å²) in [6.45, 7) is 5.76. The second kappa shape index (κ2) is 3.02. The molecule has 0 aromatic rings. The van der Waals surface area contributed by atoms with E-state index in [0.717, 1.165) is 0 Å². The lowest BCUT2D eigenvalue weighted by Crippen LogP contribution is -2.54. The fraction of sp³-hybridized carbons (Fsp3) is 0.545. The Morgan fingerprint density at radius 3 is 1.53 bits per heavy atom. The van der Waals surface area contributed by atoms with E-state index in [9.17, 15) is 19.5 Å². The number of ketones is 3. The molecule has 4 nitrogen and oxygen atoms in total. The maximum atomic E-state index is 11.9. The summed E-state index contributed by atoms with van der Waals surface area (Å²) in [4.78, 5) is 35.2. The van der Waals surface area contributed by atoms with Crippen LogP contribution in [0, 0.1) is 10.8 Å². The maximum absolute atomic E-state index is 11.9. The van der Waals surface area contributed by atoms with E-state index in [-0.39, 0.29) is 6.26 Å². The molecule has 82 valence electrons. The molecule has 0 aromatic carbocycles. The average Bonchev–Trinajstić information content (AvgIpc) is 2.15. The number of rotatable bonds is 0. The largest absolute Gasteiger partial charge is 0.877 e. The van der Waals surface area contributed by atoms with Crippen LogP contribution in [0.15, 0.2) is 11.8 Å². The second-order valence-corrected chi connectivity index (χ2v) is 4.77. The highest BCUT2D eigenvalue weighted by atomic mass is 16.2. The van der Waals surface area contributed by atoms with Crippen molar-refractivity contribution < 1.29 is 19.5 Å². The van der Waals surface area contributed by atoms with Crippen molar-refractivity contribution in [1.29, 1.82) is 0 Å². The molecule has 1 aliphatic rings. The lowest BCUT2D eigenvalue weighted by molar-refractivity contribution is -0.276. The van der Waals surface area contributed by atoms with Gasteiger partial charge in [0.2, 0.25) is 0 Å². The van der Waals surface area contributed by atoms with Crippen LogP contribution in [-0.4, -0.2) is 17.3 Å². The van der Waals surface area contributed by atoms with Crippen LogP contribution in [0.5, 0.6) is 0 Å². The minimum Gasteiger partial charge on any atom is -0.877 e. The highest BCUT2D eigenvalue weighted by Gasteiger charge is 2.54. The summed E-state index contributed by atoms with van der Waals surface area (Å²) in [7, 11) is 0. The van der Waals surface area contributed by atoms with E-state index in [4.69, 9.17) is 0 Å². The standard InChI is InChI=1S/C11H14O4/c1-10(2)7(13)6(5-12)8(14)11(3,4)9(10)15/h5,12H,1-4H3/p-1. The number of allylic oxidation sites excluding steroid dienone is 1. The Kier molecular flexibility index (Phi) is 2.34. The average molecular weight is 209 g/mol. The Morgan fingerprint density at radius 2 is 1.27 bits per heavy atom. The van der Waals surface area contributed by atoms with Gasteiger partial charge in [0.05, 0.1) is 10.8 Å². The third-order valence-electron chi connectivity index (χ3n) is 2.88. The van der Waals surface area contributed by atoms with Crippen molar-refractivity contribution in [3.63, 3.8) is 0 Å². The number of Topliss-reactive ketones (excluding diaryl/α,β-unsaturated/α-hetero) is 3. The van der Waals surface area contributed by atoms with Crippen LogP contribution in [0.2, 0.25) is 0 Å². The van der Waals surface area contributed by atoms with Crippen LogP contribution in [0.25, 0.3) is 0 Å². The first-order valence-corrected chi connectivity index (χ1v) is 4.64. The third-order valence-corrected chi connectivity index (χ3v) is 2.88. The van der Waals surface area contributed by atoms with Crippen LogP contribution in [0.3, 0.4) is 0 Å². The van der Waals surface area contributed by atoms with Crippen molar-refractivity contribution in [3.05, 3.63) is 11.8 Å². The Morgan fingerprint density at radius 1 is 0.933 bits per heavy atom. The highest BCUT2D eigenvalue weighted by Crippen LogP contribution is 2.40. The SMILES string of the molecule is CC1(C)C(=O)C(=C[O-])C(=O)C(C)(C)C1=O. The van der Waals surface area contributed by atoms with E-state index in [0.29, 0.717) is 0 Å². The molecule has 1 fully saturated rings. The lowest BCUT2D eigenvalue weighted by atomic mass is 9.61. The summed E-state index contributed by atoms with van der Waals surface area (Å²) in [5, 5.41) is 10.7. The molecule has 0 radical (unpaired) electrons. The van der Waals surface area contributed by atoms with Crippen molar-refractivity contribution in [3.8, 4) is 0 Å². The molecule has 0 N–H and O–H groups in total. The summed E-state index contributed by atoms with van der Waals surface area (Å²) in [5.74, 6) is -1.78. The van der Waals surface area contributed by atoms with Crippen molar-refractivity contribution in [2.75, 3.05) is 0 Å². The zero-order chi connectivity index (χ0) is 12.0. The molecule has 1 rings (SSSR count). The van der Waals surface area contributed by atoms with Gasteiger partial charge in [-0.15, -0.1) is 6.26 Å². The van der Waals surface area contributed by atoms with Crippen LogP contribution in [-0.2, 0) is 14.4 Å². The van der Waals surface area contributed by atoms with E-state index in [1.165, 1.54) is 27.7 Å². The molecule has 0 heterocycles. The van der Waals surface area contributed by atoms with Gasteiger partial charge in [-0.25, -0.2) is 0 Å². The van der Waals surface area contributed by atoms with Gasteiger partial charge in [-0.3, -0.25) is 14.4 Å². The van der Waals surface area contributed by atoms with E-state index >= 15 is 0 Å². The van der Waals surface area contributed by atoms with Crippen molar-refractivity contribution in [2.24, 2.45) is 10.8 Å². The van der Waals surface area contributed by atoms with E-state index in [1.54, 1.807) is 0 Å². The van der Waals surface area contributed by atoms with Gasteiger partial charge >= 0.3 is 0 Å². The van der Waals surface area contributed by atoms with Gasteiger partial charge in [-0.05, 0) is 27.7 Å². The molecular weight excluding hydrogens is 196 g/mol. The smallest absolute Gasteiger partial charge is 0.178 e. The Labute approximate surface area is 88.0 Å². The zero-order valence-electron chi connectivity index (χ0n) is 9.21. The molecule has 1 saturated carbocycles. The van der Waals surface area contributed by atoms with Crippen molar-refractivity contribution in [2.45, 2.75) is 27.7 Å². The predicted octanol–water partition coefficient (Wildman–Crippen LogP) is 0.00390. The van der Waals surface area contributed by atoms with Crippen LogP contribution in [0.4, 0.5) is 0 Å². The molecule has 0 saturated heterocycles. The third kappa shape index (κ3) is 1.32. The quantitative estimate of drug-likeness (QED) is 0.244. The molecule has 0 aromatic heterocycles. The minimum atomic E-state index is -1.28. The van der Waals surface area contributed by atoms with E-state index < -0.39 is 33.8 Å². The summed E-state index contributed by atoms with van der Waals surface area (Å²) in [6.07, 6.45) is 0.251. The van der Waals surface area contributed by atoms with Gasteiger partial charge in [-0.2, -0.15) is 0 Å². The Hall–Kier alpha value is -1.45. The van der Waals surface area contributed by atoms with Crippen LogP contribution < -0.4 is 5.11 Å². The fourth-order valence-electron chi connectivity index (χ4n) is 1.87. The first-order valence-electron chi connectivity index (χ1n) is 4.64. The normalized spacial score (nSPS) is 24.3. The number of carbonyl (C=O) groups excluding carboxylic acids is 3.